The van der Waals surface area contributed by atoms with Gasteiger partial charge in [0.15, 0.2) is 0 Å². The second-order valence-electron chi connectivity index (χ2n) is 5.26. The van der Waals surface area contributed by atoms with Crippen LogP contribution >= 0.6 is 0 Å². The summed E-state index contributed by atoms with van der Waals surface area (Å²) in [5, 5.41) is 5.35. The Morgan fingerprint density at radius 1 is 1.05 bits per heavy atom. The summed E-state index contributed by atoms with van der Waals surface area (Å²) < 4.78 is 12.8. The van der Waals surface area contributed by atoms with E-state index in [1.807, 2.05) is 24.3 Å². The number of hydrogen-bond donors (Lipinski definition) is 2. The van der Waals surface area contributed by atoms with Gasteiger partial charge in [-0.05, 0) is 47.4 Å². The van der Waals surface area contributed by atoms with Crippen molar-refractivity contribution in [3.63, 3.8) is 0 Å². The van der Waals surface area contributed by atoms with Gasteiger partial charge in [0.05, 0.1) is 0 Å². The molecule has 0 atom stereocenters. The number of amides is 2. The Labute approximate surface area is 129 Å². The van der Waals surface area contributed by atoms with Crippen molar-refractivity contribution >= 4 is 17.8 Å². The topological polar surface area (TPSA) is 41.1 Å². The van der Waals surface area contributed by atoms with E-state index in [0.29, 0.717) is 5.92 Å². The summed E-state index contributed by atoms with van der Waals surface area (Å²) in [5.41, 5.74) is 2.77. The normalized spacial score (nSPS) is 10.9. The van der Waals surface area contributed by atoms with Crippen LogP contribution in [0.4, 0.5) is 14.9 Å². The van der Waals surface area contributed by atoms with Gasteiger partial charge in [0.2, 0.25) is 0 Å². The minimum Gasteiger partial charge on any atom is -0.314 e. The number of carbonyl (C=O) groups excluding carboxylic acids is 1. The summed E-state index contributed by atoms with van der Waals surface area (Å²) in [4.78, 5) is 11.7. The van der Waals surface area contributed by atoms with E-state index in [4.69, 9.17) is 0 Å². The maximum Gasteiger partial charge on any atom is 0.323 e. The van der Waals surface area contributed by atoms with Gasteiger partial charge in [-0.25, -0.2) is 9.18 Å². The summed E-state index contributed by atoms with van der Waals surface area (Å²) in [6, 6.07) is 13.4. The molecule has 0 aliphatic rings. The van der Waals surface area contributed by atoms with E-state index in [2.05, 4.69) is 24.5 Å². The molecule has 4 heteroatoms. The fraction of sp³-hybridized carbons (Fsp3) is 0.167. The van der Waals surface area contributed by atoms with E-state index >= 15 is 0 Å². The van der Waals surface area contributed by atoms with Crippen LogP contribution in [0.1, 0.15) is 30.9 Å². The van der Waals surface area contributed by atoms with E-state index in [1.54, 1.807) is 18.2 Å². The molecule has 2 aromatic rings. The molecular weight excluding hydrogens is 279 g/mol. The molecule has 0 spiro atoms. The molecule has 0 saturated carbocycles. The highest BCUT2D eigenvalue weighted by Gasteiger charge is 2.01. The molecule has 0 heterocycles. The molecule has 2 rings (SSSR count). The van der Waals surface area contributed by atoms with Gasteiger partial charge in [0.1, 0.15) is 5.82 Å². The number of rotatable bonds is 4. The molecule has 0 unspecified atom stereocenters. The average molecular weight is 298 g/mol. The van der Waals surface area contributed by atoms with Gasteiger partial charge in [-0.3, -0.25) is 0 Å². The van der Waals surface area contributed by atoms with E-state index in [-0.39, 0.29) is 11.8 Å². The molecule has 0 aromatic heterocycles. The van der Waals surface area contributed by atoms with Gasteiger partial charge in [0.25, 0.3) is 0 Å². The third-order valence-electron chi connectivity index (χ3n) is 3.20. The molecule has 0 aliphatic carbocycles. The van der Waals surface area contributed by atoms with Gasteiger partial charge >= 0.3 is 6.03 Å². The fourth-order valence-corrected chi connectivity index (χ4v) is 1.91. The molecule has 0 aliphatic heterocycles. The predicted molar refractivity (Wildman–Crippen MR) is 88.1 cm³/mol. The van der Waals surface area contributed by atoms with E-state index < -0.39 is 0 Å². The number of urea groups is 1. The zero-order valence-electron chi connectivity index (χ0n) is 12.6. The Balaban J connectivity index is 1.86. The van der Waals surface area contributed by atoms with Crippen molar-refractivity contribution in [2.75, 3.05) is 5.32 Å². The highest BCUT2D eigenvalue weighted by molar-refractivity contribution is 5.90. The lowest BCUT2D eigenvalue weighted by molar-refractivity contribution is 0.255. The molecule has 2 aromatic carbocycles. The van der Waals surface area contributed by atoms with Crippen LogP contribution in [0.2, 0.25) is 0 Å². The third kappa shape index (κ3) is 4.74. The number of hydrogen-bond acceptors (Lipinski definition) is 1. The molecule has 3 nitrogen and oxygen atoms in total. The van der Waals surface area contributed by atoms with Gasteiger partial charge < -0.3 is 10.6 Å². The molecule has 2 N–H and O–H groups in total. The Hall–Kier alpha value is -2.62. The highest BCUT2D eigenvalue weighted by Crippen LogP contribution is 2.16. The third-order valence-corrected chi connectivity index (χ3v) is 3.20. The maximum absolute atomic E-state index is 12.8. The number of halogens is 1. The molecule has 2 amide bonds. The minimum absolute atomic E-state index is 0.285. The molecule has 0 fully saturated rings. The Kier molecular flexibility index (Phi) is 5.31. The summed E-state index contributed by atoms with van der Waals surface area (Å²) >= 11 is 0. The van der Waals surface area contributed by atoms with Crippen molar-refractivity contribution in [2.24, 2.45) is 0 Å². The molecule has 114 valence electrons. The van der Waals surface area contributed by atoms with Crippen LogP contribution in [-0.2, 0) is 0 Å². The van der Waals surface area contributed by atoms with Crippen molar-refractivity contribution in [2.45, 2.75) is 19.8 Å². The molecule has 0 saturated heterocycles. The number of nitrogens with one attached hydrogen (secondary N) is 2. The number of anilines is 1. The van der Waals surface area contributed by atoms with Crippen LogP contribution in [0.5, 0.6) is 0 Å². The Bertz CT molecular complexity index is 646. The smallest absolute Gasteiger partial charge is 0.314 e. The first-order valence-electron chi connectivity index (χ1n) is 7.14. The quantitative estimate of drug-likeness (QED) is 0.841. The van der Waals surface area contributed by atoms with Gasteiger partial charge in [-0.2, -0.15) is 0 Å². The first-order valence-corrected chi connectivity index (χ1v) is 7.14. The lowest BCUT2D eigenvalue weighted by Crippen LogP contribution is -2.23. The van der Waals surface area contributed by atoms with Crippen molar-refractivity contribution in [1.29, 1.82) is 0 Å². The molecule has 22 heavy (non-hydrogen) atoms. The second kappa shape index (κ2) is 7.41. The lowest BCUT2D eigenvalue weighted by Gasteiger charge is -2.08. The zero-order valence-corrected chi connectivity index (χ0v) is 12.6. The van der Waals surface area contributed by atoms with Crippen LogP contribution in [0.25, 0.3) is 6.08 Å². The average Bonchev–Trinajstić information content (AvgIpc) is 2.50. The second-order valence-corrected chi connectivity index (χ2v) is 5.26. The van der Waals surface area contributed by atoms with Crippen LogP contribution in [0, 0.1) is 5.82 Å². The van der Waals surface area contributed by atoms with Crippen molar-refractivity contribution in [3.8, 4) is 0 Å². The van der Waals surface area contributed by atoms with Gasteiger partial charge in [-0.15, -0.1) is 0 Å². The highest BCUT2D eigenvalue weighted by atomic mass is 19.1. The predicted octanol–water partition coefficient (Wildman–Crippen LogP) is 4.74. The van der Waals surface area contributed by atoms with E-state index in [1.165, 1.54) is 23.9 Å². The first-order chi connectivity index (χ1) is 10.5. The van der Waals surface area contributed by atoms with Crippen molar-refractivity contribution in [1.82, 2.24) is 5.32 Å². The number of carbonyl (C=O) groups is 1. The fourth-order valence-electron chi connectivity index (χ4n) is 1.91. The van der Waals surface area contributed by atoms with Gasteiger partial charge in [-0.1, -0.05) is 38.1 Å². The maximum atomic E-state index is 12.8. The summed E-state index contributed by atoms with van der Waals surface area (Å²) in [7, 11) is 0. The standard InChI is InChI=1S/C18H19FN2O/c1-13(2)15-5-9-17(10-6-15)21-18(22)20-12-11-14-3-7-16(19)8-4-14/h3-13H,1-2H3,(H2,20,21,22)/b12-11+. The monoisotopic (exact) mass is 298 g/mol. The summed E-state index contributed by atoms with van der Waals surface area (Å²) in [6.45, 7) is 4.24. The lowest BCUT2D eigenvalue weighted by atomic mass is 10.0. The summed E-state index contributed by atoms with van der Waals surface area (Å²) in [5.74, 6) is 0.175. The van der Waals surface area contributed by atoms with Crippen LogP contribution in [0.3, 0.4) is 0 Å². The minimum atomic E-state index is -0.323. The van der Waals surface area contributed by atoms with Crippen LogP contribution in [0.15, 0.2) is 54.7 Å². The molecule has 0 bridgehead atoms. The Morgan fingerprint density at radius 2 is 1.68 bits per heavy atom. The SMILES string of the molecule is CC(C)c1ccc(NC(=O)N/C=C/c2ccc(F)cc2)cc1. The Morgan fingerprint density at radius 3 is 2.27 bits per heavy atom. The van der Waals surface area contributed by atoms with Crippen molar-refractivity contribution < 1.29 is 9.18 Å². The van der Waals surface area contributed by atoms with Crippen LogP contribution in [-0.4, -0.2) is 6.03 Å². The zero-order chi connectivity index (χ0) is 15.9. The summed E-state index contributed by atoms with van der Waals surface area (Å²) in [6.07, 6.45) is 3.21. The molecule has 0 radical (unpaired) electrons. The van der Waals surface area contributed by atoms with Gasteiger partial charge in [0, 0.05) is 11.9 Å². The largest absolute Gasteiger partial charge is 0.323 e. The van der Waals surface area contributed by atoms with E-state index in [0.717, 1.165) is 11.3 Å². The van der Waals surface area contributed by atoms with E-state index in [9.17, 15) is 9.18 Å². The van der Waals surface area contributed by atoms with Crippen LogP contribution < -0.4 is 10.6 Å². The number of benzene rings is 2. The molecular formula is C18H19FN2O. The first kappa shape index (κ1) is 15.8. The van der Waals surface area contributed by atoms with Crippen molar-refractivity contribution in [3.05, 3.63) is 71.7 Å².